The van der Waals surface area contributed by atoms with Gasteiger partial charge < -0.3 is 4.90 Å². The van der Waals surface area contributed by atoms with Crippen LogP contribution >= 0.6 is 31.9 Å². The third kappa shape index (κ3) is 1.85. The number of nitrogens with zero attached hydrogens (tertiary/aromatic N) is 2. The molecule has 15 heavy (non-hydrogen) atoms. The number of rotatable bonds is 2. The van der Waals surface area contributed by atoms with Crippen molar-refractivity contribution in [3.8, 4) is 0 Å². The molecular weight excluding hydrogens is 327 g/mol. The molecule has 0 unspecified atom stereocenters. The number of benzene rings is 1. The Labute approximate surface area is 103 Å². The first-order valence-electron chi connectivity index (χ1n) is 4.07. The van der Waals surface area contributed by atoms with Gasteiger partial charge in [0.25, 0.3) is 5.69 Å². The first kappa shape index (κ1) is 10.8. The maximum atomic E-state index is 10.8. The second-order valence-electron chi connectivity index (χ2n) is 3.01. The summed E-state index contributed by atoms with van der Waals surface area (Å²) in [6, 6.07) is 3.32. The molecule has 2 rings (SSSR count). The largest absolute Gasteiger partial charge is 0.336 e. The molecule has 1 aliphatic rings. The molecule has 0 aliphatic carbocycles. The molecule has 1 heterocycles. The highest BCUT2D eigenvalue weighted by Crippen LogP contribution is 2.24. The molecule has 1 aromatic carbocycles. The minimum atomic E-state index is -0.379. The molecule has 0 fully saturated rings. The SMILES string of the molecule is O=[N+]([O-])c1cc2c(cc1CBr)[B]N=C2Br. The number of fused-ring (bicyclic) bond motifs is 1. The summed E-state index contributed by atoms with van der Waals surface area (Å²) < 4.78 is 0.640. The Balaban J connectivity index is 2.60. The molecule has 0 spiro atoms. The molecule has 0 bridgehead atoms. The van der Waals surface area contributed by atoms with Crippen LogP contribution in [0.15, 0.2) is 17.0 Å². The fraction of sp³-hybridized carbons (Fsp3) is 0.125. The maximum absolute atomic E-state index is 10.8. The predicted molar refractivity (Wildman–Crippen MR) is 66.6 cm³/mol. The van der Waals surface area contributed by atoms with Crippen LogP contribution in [0.4, 0.5) is 5.69 Å². The van der Waals surface area contributed by atoms with Gasteiger partial charge in [0.05, 0.1) is 9.54 Å². The number of hydrogen-bond donors (Lipinski definition) is 0. The van der Waals surface area contributed by atoms with Gasteiger partial charge in [-0.3, -0.25) is 10.1 Å². The smallest absolute Gasteiger partial charge is 0.314 e. The van der Waals surface area contributed by atoms with E-state index < -0.39 is 0 Å². The van der Waals surface area contributed by atoms with E-state index in [4.69, 9.17) is 0 Å². The van der Waals surface area contributed by atoms with E-state index in [9.17, 15) is 10.1 Å². The Morgan fingerprint density at radius 3 is 2.87 bits per heavy atom. The first-order chi connectivity index (χ1) is 7.13. The van der Waals surface area contributed by atoms with Crippen molar-refractivity contribution in [1.82, 2.24) is 0 Å². The number of alkyl halides is 1. The quantitative estimate of drug-likeness (QED) is 0.360. The van der Waals surface area contributed by atoms with Crippen LogP contribution in [-0.2, 0) is 5.33 Å². The lowest BCUT2D eigenvalue weighted by molar-refractivity contribution is -0.385. The molecule has 1 aliphatic heterocycles. The van der Waals surface area contributed by atoms with E-state index in [1.54, 1.807) is 19.5 Å². The molecule has 4 nitrogen and oxygen atoms in total. The predicted octanol–water partition coefficient (Wildman–Crippen LogP) is 1.89. The van der Waals surface area contributed by atoms with Crippen LogP contribution < -0.4 is 5.46 Å². The van der Waals surface area contributed by atoms with Crippen molar-refractivity contribution in [2.45, 2.75) is 5.33 Å². The molecule has 75 valence electrons. The first-order valence-corrected chi connectivity index (χ1v) is 5.99. The molecule has 0 saturated carbocycles. The van der Waals surface area contributed by atoms with Gasteiger partial charge in [-0.25, -0.2) is 0 Å². The van der Waals surface area contributed by atoms with E-state index in [-0.39, 0.29) is 10.6 Å². The van der Waals surface area contributed by atoms with E-state index in [0.29, 0.717) is 15.5 Å². The summed E-state index contributed by atoms with van der Waals surface area (Å²) in [5, 5.41) is 11.3. The standard InChI is InChI=1S/C8H4BBr2N2O2/c10-3-4-1-6-5(8(11)12-9-6)2-7(4)13(14)15/h1-2H,3H2. The monoisotopic (exact) mass is 329 g/mol. The second kappa shape index (κ2) is 4.06. The Bertz CT molecular complexity index is 476. The highest BCUT2D eigenvalue weighted by atomic mass is 79.9. The number of nitro groups is 1. The van der Waals surface area contributed by atoms with Gasteiger partial charge in [-0.1, -0.05) is 22.0 Å². The minimum absolute atomic E-state index is 0.119. The lowest BCUT2D eigenvalue weighted by Gasteiger charge is -2.03. The van der Waals surface area contributed by atoms with Crippen molar-refractivity contribution in [2.75, 3.05) is 0 Å². The Kier molecular flexibility index (Phi) is 2.93. The van der Waals surface area contributed by atoms with Gasteiger partial charge in [0.1, 0.15) is 0 Å². The zero-order chi connectivity index (χ0) is 11.0. The Morgan fingerprint density at radius 2 is 2.27 bits per heavy atom. The fourth-order valence-electron chi connectivity index (χ4n) is 1.41. The highest BCUT2D eigenvalue weighted by molar-refractivity contribution is 9.18. The average molecular weight is 331 g/mol. The zero-order valence-electron chi connectivity index (χ0n) is 7.41. The summed E-state index contributed by atoms with van der Waals surface area (Å²) in [6.45, 7) is 0. The van der Waals surface area contributed by atoms with Gasteiger partial charge in [0, 0.05) is 22.5 Å². The molecule has 1 aromatic rings. The number of halogens is 2. The summed E-state index contributed by atoms with van der Waals surface area (Å²) >= 11 is 6.48. The van der Waals surface area contributed by atoms with Gasteiger partial charge in [0.2, 0.25) is 0 Å². The lowest BCUT2D eigenvalue weighted by Crippen LogP contribution is -2.14. The van der Waals surface area contributed by atoms with Gasteiger partial charge in [-0.15, -0.1) is 0 Å². The van der Waals surface area contributed by atoms with Crippen molar-refractivity contribution in [2.24, 2.45) is 4.90 Å². The van der Waals surface area contributed by atoms with E-state index in [2.05, 4.69) is 36.8 Å². The van der Waals surface area contributed by atoms with Crippen molar-refractivity contribution >= 4 is 55.0 Å². The van der Waals surface area contributed by atoms with Crippen LogP contribution in [0.5, 0.6) is 0 Å². The van der Waals surface area contributed by atoms with E-state index in [0.717, 1.165) is 11.0 Å². The lowest BCUT2D eigenvalue weighted by atomic mass is 9.82. The maximum Gasteiger partial charge on any atom is 0.314 e. The fourth-order valence-corrected chi connectivity index (χ4v) is 2.31. The summed E-state index contributed by atoms with van der Waals surface area (Å²) in [7, 11) is 1.69. The summed E-state index contributed by atoms with van der Waals surface area (Å²) in [5.41, 5.74) is 2.45. The molecule has 0 saturated heterocycles. The van der Waals surface area contributed by atoms with Crippen LogP contribution in [0.3, 0.4) is 0 Å². The Morgan fingerprint density at radius 1 is 1.53 bits per heavy atom. The van der Waals surface area contributed by atoms with Gasteiger partial charge in [0.15, 0.2) is 0 Å². The van der Waals surface area contributed by atoms with Crippen molar-refractivity contribution in [1.29, 1.82) is 0 Å². The van der Waals surface area contributed by atoms with Gasteiger partial charge >= 0.3 is 7.41 Å². The molecule has 0 aromatic heterocycles. The molecular formula is C8H4BBr2N2O2. The van der Waals surface area contributed by atoms with Crippen LogP contribution in [0.25, 0.3) is 0 Å². The van der Waals surface area contributed by atoms with Gasteiger partial charge in [-0.05, 0) is 21.4 Å². The molecule has 0 N–H and O–H groups in total. The van der Waals surface area contributed by atoms with Crippen molar-refractivity contribution in [3.05, 3.63) is 33.4 Å². The van der Waals surface area contributed by atoms with Crippen LogP contribution in [0.1, 0.15) is 11.1 Å². The summed E-state index contributed by atoms with van der Waals surface area (Å²) in [6.07, 6.45) is 0. The second-order valence-corrected chi connectivity index (χ2v) is 4.32. The average Bonchev–Trinajstić information content (AvgIpc) is 2.58. The molecule has 7 heteroatoms. The number of hydrogen-bond acceptors (Lipinski definition) is 3. The van der Waals surface area contributed by atoms with Gasteiger partial charge in [-0.2, -0.15) is 0 Å². The van der Waals surface area contributed by atoms with E-state index >= 15 is 0 Å². The third-order valence-corrected chi connectivity index (χ3v) is 3.37. The van der Waals surface area contributed by atoms with Crippen molar-refractivity contribution in [3.63, 3.8) is 0 Å². The number of nitro benzene ring substituents is 1. The summed E-state index contributed by atoms with van der Waals surface area (Å²) in [4.78, 5) is 14.5. The third-order valence-electron chi connectivity index (χ3n) is 2.13. The molecule has 0 atom stereocenters. The van der Waals surface area contributed by atoms with E-state index in [1.165, 1.54) is 0 Å². The minimum Gasteiger partial charge on any atom is -0.336 e. The molecule has 0 amide bonds. The zero-order valence-corrected chi connectivity index (χ0v) is 10.6. The Hall–Kier alpha value is -0.685. The normalized spacial score (nSPS) is 13.1. The van der Waals surface area contributed by atoms with Crippen LogP contribution in [-0.4, -0.2) is 17.0 Å². The van der Waals surface area contributed by atoms with E-state index in [1.807, 2.05) is 0 Å². The topological polar surface area (TPSA) is 55.5 Å². The summed E-state index contributed by atoms with van der Waals surface area (Å²) in [5.74, 6) is 0. The van der Waals surface area contributed by atoms with Crippen LogP contribution in [0.2, 0.25) is 0 Å². The molecule has 1 radical (unpaired) electrons. The highest BCUT2D eigenvalue weighted by Gasteiger charge is 2.22. The van der Waals surface area contributed by atoms with Crippen molar-refractivity contribution < 1.29 is 4.92 Å². The van der Waals surface area contributed by atoms with Crippen LogP contribution in [0, 0.1) is 10.1 Å².